The van der Waals surface area contributed by atoms with Gasteiger partial charge in [0.05, 0.1) is 6.61 Å². The molecule has 3 nitrogen and oxygen atoms in total. The van der Waals surface area contributed by atoms with Crippen molar-refractivity contribution in [2.75, 3.05) is 26.0 Å². The molecule has 1 fully saturated rings. The smallest absolute Gasteiger partial charge is 0.334 e. The van der Waals surface area contributed by atoms with E-state index in [1.807, 2.05) is 18.7 Å². The van der Waals surface area contributed by atoms with Gasteiger partial charge in [-0.25, -0.2) is 4.79 Å². The van der Waals surface area contributed by atoms with Gasteiger partial charge in [-0.2, -0.15) is 11.8 Å². The summed E-state index contributed by atoms with van der Waals surface area (Å²) in [4.78, 5) is 11.4. The summed E-state index contributed by atoms with van der Waals surface area (Å²) < 4.78 is 5.27. The maximum absolute atomic E-state index is 11.4. The maximum Gasteiger partial charge on any atom is 0.334 e. The molecule has 4 heteroatoms. The number of rotatable bonds is 7. The Balaban J connectivity index is 2.31. The zero-order valence-corrected chi connectivity index (χ0v) is 12.4. The third kappa shape index (κ3) is 4.65. The lowest BCUT2D eigenvalue weighted by Crippen LogP contribution is -2.40. The number of ether oxygens (including phenoxy) is 1. The lowest BCUT2D eigenvalue weighted by Gasteiger charge is -2.36. The van der Waals surface area contributed by atoms with E-state index in [4.69, 9.17) is 4.74 Å². The van der Waals surface area contributed by atoms with Gasteiger partial charge in [0.15, 0.2) is 0 Å². The van der Waals surface area contributed by atoms with E-state index in [-0.39, 0.29) is 5.97 Å². The highest BCUT2D eigenvalue weighted by Crippen LogP contribution is 2.37. The second-order valence-electron chi connectivity index (χ2n) is 4.88. The highest BCUT2D eigenvalue weighted by Gasteiger charge is 2.30. The Morgan fingerprint density at radius 1 is 1.39 bits per heavy atom. The van der Waals surface area contributed by atoms with Crippen molar-refractivity contribution in [2.24, 2.45) is 0 Å². The van der Waals surface area contributed by atoms with Crippen LogP contribution in [0.25, 0.3) is 0 Å². The molecule has 0 aromatic heterocycles. The van der Waals surface area contributed by atoms with E-state index >= 15 is 0 Å². The molecule has 1 aliphatic carbocycles. The first-order valence-corrected chi connectivity index (χ1v) is 7.97. The van der Waals surface area contributed by atoms with Gasteiger partial charge in [-0.05, 0) is 26.0 Å². The summed E-state index contributed by atoms with van der Waals surface area (Å²) in [5.41, 5.74) is 0.518. The third-order valence-electron chi connectivity index (χ3n) is 3.55. The van der Waals surface area contributed by atoms with Crippen LogP contribution in [0.5, 0.6) is 0 Å². The van der Waals surface area contributed by atoms with Gasteiger partial charge < -0.3 is 10.1 Å². The van der Waals surface area contributed by atoms with Crippen molar-refractivity contribution in [3.63, 3.8) is 0 Å². The molecular weight excluding hydrogens is 246 g/mol. The molecule has 0 atom stereocenters. The van der Waals surface area contributed by atoms with E-state index < -0.39 is 0 Å². The predicted molar refractivity (Wildman–Crippen MR) is 78.0 cm³/mol. The molecule has 0 aromatic rings. The van der Waals surface area contributed by atoms with Gasteiger partial charge in [0.1, 0.15) is 0 Å². The summed E-state index contributed by atoms with van der Waals surface area (Å²) in [6, 6.07) is 0. The lowest BCUT2D eigenvalue weighted by atomic mass is 9.88. The molecule has 0 bridgehead atoms. The number of thioether (sulfide) groups is 1. The fourth-order valence-electron chi connectivity index (χ4n) is 2.40. The Hall–Kier alpha value is -0.480. The number of hydrogen-bond donors (Lipinski definition) is 1. The standard InChI is InChI=1S/C14H25NO2S/c1-4-17-13(16)12(2)10-15-11-14(18-3)8-6-5-7-9-14/h15H,2,4-11H2,1,3H3. The van der Waals surface area contributed by atoms with Crippen LogP contribution < -0.4 is 5.32 Å². The fraction of sp³-hybridized carbons (Fsp3) is 0.786. The Kier molecular flexibility index (Phi) is 6.79. The Labute approximate surface area is 115 Å². The van der Waals surface area contributed by atoms with Gasteiger partial charge in [-0.15, -0.1) is 0 Å². The van der Waals surface area contributed by atoms with Crippen molar-refractivity contribution in [3.05, 3.63) is 12.2 Å². The SMILES string of the molecule is C=C(CNCC1(SC)CCCCC1)C(=O)OCC. The summed E-state index contributed by atoms with van der Waals surface area (Å²) in [5.74, 6) is -0.285. The largest absolute Gasteiger partial charge is 0.463 e. The van der Waals surface area contributed by atoms with Crippen molar-refractivity contribution in [3.8, 4) is 0 Å². The molecule has 0 amide bonds. The predicted octanol–water partition coefficient (Wildman–Crippen LogP) is 2.76. The van der Waals surface area contributed by atoms with Gasteiger partial charge >= 0.3 is 5.97 Å². The number of nitrogens with one attached hydrogen (secondary N) is 1. The van der Waals surface area contributed by atoms with E-state index in [9.17, 15) is 4.79 Å². The maximum atomic E-state index is 11.4. The minimum absolute atomic E-state index is 0.285. The minimum Gasteiger partial charge on any atom is -0.463 e. The average molecular weight is 271 g/mol. The molecule has 18 heavy (non-hydrogen) atoms. The number of carbonyl (C=O) groups is 1. The molecule has 1 saturated carbocycles. The molecular formula is C14H25NO2S. The second-order valence-corrected chi connectivity index (χ2v) is 6.15. The van der Waals surface area contributed by atoms with Crippen molar-refractivity contribution < 1.29 is 9.53 Å². The Morgan fingerprint density at radius 3 is 2.61 bits per heavy atom. The quantitative estimate of drug-likeness (QED) is 0.571. The zero-order chi connectivity index (χ0) is 13.4. The molecule has 0 aliphatic heterocycles. The Morgan fingerprint density at radius 2 is 2.06 bits per heavy atom. The first-order chi connectivity index (χ1) is 8.63. The summed E-state index contributed by atoms with van der Waals surface area (Å²) in [7, 11) is 0. The number of esters is 1. The van der Waals surface area contributed by atoms with Crippen LogP contribution in [0.3, 0.4) is 0 Å². The van der Waals surface area contributed by atoms with Crippen LogP contribution in [-0.4, -0.2) is 36.7 Å². The molecule has 0 spiro atoms. The lowest BCUT2D eigenvalue weighted by molar-refractivity contribution is -0.138. The highest BCUT2D eigenvalue weighted by molar-refractivity contribution is 8.00. The Bertz CT molecular complexity index is 286. The van der Waals surface area contributed by atoms with Crippen molar-refractivity contribution in [1.29, 1.82) is 0 Å². The third-order valence-corrected chi connectivity index (χ3v) is 4.97. The summed E-state index contributed by atoms with van der Waals surface area (Å²) in [6.07, 6.45) is 8.73. The first kappa shape index (κ1) is 15.6. The first-order valence-electron chi connectivity index (χ1n) is 6.74. The van der Waals surface area contributed by atoms with Crippen LogP contribution >= 0.6 is 11.8 Å². The number of carbonyl (C=O) groups excluding carboxylic acids is 1. The molecule has 1 rings (SSSR count). The zero-order valence-electron chi connectivity index (χ0n) is 11.6. The van der Waals surface area contributed by atoms with Crippen molar-refractivity contribution in [1.82, 2.24) is 5.32 Å². The monoisotopic (exact) mass is 271 g/mol. The normalized spacial score (nSPS) is 18.3. The molecule has 0 heterocycles. The summed E-state index contributed by atoms with van der Waals surface area (Å²) in [5, 5.41) is 3.36. The van der Waals surface area contributed by atoms with Crippen LogP contribution in [0.1, 0.15) is 39.0 Å². The molecule has 0 aromatic carbocycles. The van der Waals surface area contributed by atoms with E-state index in [1.165, 1.54) is 32.1 Å². The van der Waals surface area contributed by atoms with E-state index in [0.29, 0.717) is 23.5 Å². The fourth-order valence-corrected chi connectivity index (χ4v) is 3.34. The summed E-state index contributed by atoms with van der Waals surface area (Å²) >= 11 is 1.96. The topological polar surface area (TPSA) is 38.3 Å². The molecule has 0 unspecified atom stereocenters. The van der Waals surface area contributed by atoms with E-state index in [1.54, 1.807) is 0 Å². The average Bonchev–Trinajstić information content (AvgIpc) is 2.40. The van der Waals surface area contributed by atoms with Crippen LogP contribution in [0, 0.1) is 0 Å². The number of hydrogen-bond acceptors (Lipinski definition) is 4. The molecule has 1 aliphatic rings. The van der Waals surface area contributed by atoms with Gasteiger partial charge in [0.2, 0.25) is 0 Å². The molecule has 104 valence electrons. The molecule has 0 radical (unpaired) electrons. The second kappa shape index (κ2) is 7.85. The van der Waals surface area contributed by atoms with Crippen LogP contribution in [0.15, 0.2) is 12.2 Å². The van der Waals surface area contributed by atoms with Gasteiger partial charge in [-0.1, -0.05) is 25.8 Å². The van der Waals surface area contributed by atoms with Gasteiger partial charge in [-0.3, -0.25) is 0 Å². The van der Waals surface area contributed by atoms with E-state index in [2.05, 4.69) is 18.2 Å². The highest BCUT2D eigenvalue weighted by atomic mass is 32.2. The van der Waals surface area contributed by atoms with Gasteiger partial charge in [0, 0.05) is 23.4 Å². The van der Waals surface area contributed by atoms with Crippen LogP contribution in [0.4, 0.5) is 0 Å². The minimum atomic E-state index is -0.285. The van der Waals surface area contributed by atoms with Crippen LogP contribution in [0.2, 0.25) is 0 Å². The summed E-state index contributed by atoms with van der Waals surface area (Å²) in [6.45, 7) is 7.46. The van der Waals surface area contributed by atoms with E-state index in [0.717, 1.165) is 6.54 Å². The molecule has 0 saturated heterocycles. The van der Waals surface area contributed by atoms with Crippen LogP contribution in [-0.2, 0) is 9.53 Å². The van der Waals surface area contributed by atoms with Crippen molar-refractivity contribution >= 4 is 17.7 Å². The van der Waals surface area contributed by atoms with Crippen molar-refractivity contribution in [2.45, 2.75) is 43.8 Å². The van der Waals surface area contributed by atoms with Gasteiger partial charge in [0.25, 0.3) is 0 Å². The molecule has 1 N–H and O–H groups in total.